The summed E-state index contributed by atoms with van der Waals surface area (Å²) in [6.07, 6.45) is 2.87. The van der Waals surface area contributed by atoms with Crippen molar-refractivity contribution in [3.05, 3.63) is 83.0 Å². The van der Waals surface area contributed by atoms with Gasteiger partial charge in [0.15, 0.2) is 5.65 Å². The van der Waals surface area contributed by atoms with Gasteiger partial charge in [0.2, 0.25) is 5.91 Å². The third-order valence-electron chi connectivity index (χ3n) is 4.89. The fourth-order valence-corrected chi connectivity index (χ4v) is 3.26. The Morgan fingerprint density at radius 2 is 1.83 bits per heavy atom. The number of carbonyl (C=O) groups excluding carboxylic acids is 1. The number of nitrogens with zero attached hydrogens (tertiary/aromatic N) is 5. The molecular weight excluding hydrogens is 382 g/mol. The third-order valence-corrected chi connectivity index (χ3v) is 4.89. The zero-order valence-corrected chi connectivity index (χ0v) is 16.7. The maximum absolute atomic E-state index is 12.9. The molecule has 1 amide bonds. The number of fused-ring (bicyclic) bond motifs is 1. The summed E-state index contributed by atoms with van der Waals surface area (Å²) in [7, 11) is 3.29. The zero-order valence-electron chi connectivity index (χ0n) is 16.7. The minimum absolute atomic E-state index is 0.107. The number of amides is 1. The maximum atomic E-state index is 12.9. The molecule has 2 aromatic carbocycles. The number of carbonyl (C=O) groups is 1. The fourth-order valence-electron chi connectivity index (χ4n) is 3.26. The highest BCUT2D eigenvalue weighted by Crippen LogP contribution is 2.19. The average Bonchev–Trinajstić information content (AvgIpc) is 3.21. The molecule has 2 heterocycles. The molecule has 0 aliphatic heterocycles. The average molecular weight is 403 g/mol. The first-order valence-corrected chi connectivity index (χ1v) is 9.43. The van der Waals surface area contributed by atoms with Crippen LogP contribution in [0.15, 0.2) is 71.9 Å². The lowest BCUT2D eigenvalue weighted by Crippen LogP contribution is -2.33. The molecule has 8 nitrogen and oxygen atoms in total. The van der Waals surface area contributed by atoms with Crippen LogP contribution in [0.4, 0.5) is 0 Å². The molecule has 0 N–H and O–H groups in total. The molecule has 152 valence electrons. The summed E-state index contributed by atoms with van der Waals surface area (Å²) in [4.78, 5) is 31.5. The molecule has 0 aliphatic rings. The van der Waals surface area contributed by atoms with Crippen LogP contribution >= 0.6 is 0 Å². The van der Waals surface area contributed by atoms with Crippen molar-refractivity contribution in [1.29, 1.82) is 0 Å². The first-order valence-electron chi connectivity index (χ1n) is 9.43. The molecule has 8 heteroatoms. The van der Waals surface area contributed by atoms with E-state index in [-0.39, 0.29) is 18.0 Å². The van der Waals surface area contributed by atoms with E-state index in [9.17, 15) is 9.59 Å². The van der Waals surface area contributed by atoms with Crippen LogP contribution in [0.2, 0.25) is 0 Å². The summed E-state index contributed by atoms with van der Waals surface area (Å²) < 4.78 is 8.25. The topological polar surface area (TPSA) is 82.2 Å². The zero-order chi connectivity index (χ0) is 21.1. The summed E-state index contributed by atoms with van der Waals surface area (Å²) in [6, 6.07) is 17.0. The summed E-state index contributed by atoms with van der Waals surface area (Å²) >= 11 is 0. The molecule has 0 bridgehead atoms. The highest BCUT2D eigenvalue weighted by molar-refractivity contribution is 5.78. The van der Waals surface area contributed by atoms with Crippen molar-refractivity contribution in [3.63, 3.8) is 0 Å². The molecule has 0 spiro atoms. The van der Waals surface area contributed by atoms with Gasteiger partial charge in [-0.3, -0.25) is 14.2 Å². The molecule has 30 heavy (non-hydrogen) atoms. The lowest BCUT2D eigenvalue weighted by atomic mass is 10.2. The summed E-state index contributed by atoms with van der Waals surface area (Å²) in [5, 5.41) is 4.65. The van der Waals surface area contributed by atoms with Gasteiger partial charge in [0, 0.05) is 19.2 Å². The molecule has 4 rings (SSSR count). The monoisotopic (exact) mass is 403 g/mol. The van der Waals surface area contributed by atoms with Gasteiger partial charge in [0.25, 0.3) is 5.56 Å². The molecule has 0 saturated carbocycles. The van der Waals surface area contributed by atoms with Crippen LogP contribution in [-0.4, -0.2) is 44.3 Å². The largest absolute Gasteiger partial charge is 0.496 e. The van der Waals surface area contributed by atoms with Gasteiger partial charge in [-0.15, -0.1) is 0 Å². The Kier molecular flexibility index (Phi) is 5.30. The molecule has 0 saturated heterocycles. The standard InChI is InChI=1S/C22H21N5O3/c1-25(13-16-8-6-7-11-19(16)30-2)20(28)14-26-15-23-21-18(22(26)29)12-24-27(21)17-9-4-3-5-10-17/h3-12,15H,13-14H2,1-2H3. The number of ether oxygens (including phenoxy) is 1. The van der Waals surface area contributed by atoms with E-state index in [0.29, 0.717) is 23.3 Å². The van der Waals surface area contributed by atoms with Gasteiger partial charge in [-0.2, -0.15) is 5.10 Å². The summed E-state index contributed by atoms with van der Waals surface area (Å²) in [5.74, 6) is 0.505. The number of benzene rings is 2. The van der Waals surface area contributed by atoms with Crippen molar-refractivity contribution in [2.75, 3.05) is 14.2 Å². The molecular formula is C22H21N5O3. The SMILES string of the molecule is COc1ccccc1CN(C)C(=O)Cn1cnc2c(cnn2-c2ccccc2)c1=O. The van der Waals surface area contributed by atoms with Crippen LogP contribution in [0, 0.1) is 0 Å². The molecule has 0 fully saturated rings. The van der Waals surface area contributed by atoms with E-state index >= 15 is 0 Å². The highest BCUT2D eigenvalue weighted by atomic mass is 16.5. The maximum Gasteiger partial charge on any atom is 0.264 e. The Balaban J connectivity index is 1.56. The van der Waals surface area contributed by atoms with E-state index in [1.54, 1.807) is 23.7 Å². The van der Waals surface area contributed by atoms with Gasteiger partial charge in [0.1, 0.15) is 24.0 Å². The van der Waals surface area contributed by atoms with Crippen LogP contribution in [0.3, 0.4) is 0 Å². The van der Waals surface area contributed by atoms with Crippen molar-refractivity contribution in [3.8, 4) is 11.4 Å². The highest BCUT2D eigenvalue weighted by Gasteiger charge is 2.16. The minimum Gasteiger partial charge on any atom is -0.496 e. The van der Waals surface area contributed by atoms with Crippen molar-refractivity contribution < 1.29 is 9.53 Å². The van der Waals surface area contributed by atoms with Gasteiger partial charge in [-0.05, 0) is 18.2 Å². The Morgan fingerprint density at radius 1 is 1.10 bits per heavy atom. The second kappa shape index (κ2) is 8.20. The number of rotatable bonds is 6. The van der Waals surface area contributed by atoms with E-state index in [2.05, 4.69) is 10.1 Å². The predicted molar refractivity (Wildman–Crippen MR) is 113 cm³/mol. The van der Waals surface area contributed by atoms with Crippen molar-refractivity contribution >= 4 is 16.9 Å². The number of hydrogen-bond donors (Lipinski definition) is 0. The number of methoxy groups -OCH3 is 1. The lowest BCUT2D eigenvalue weighted by Gasteiger charge is -2.19. The Hall–Kier alpha value is -3.94. The van der Waals surface area contributed by atoms with Crippen molar-refractivity contribution in [2.24, 2.45) is 0 Å². The molecule has 0 aliphatic carbocycles. The second-order valence-corrected chi connectivity index (χ2v) is 6.87. The van der Waals surface area contributed by atoms with E-state index in [1.165, 1.54) is 17.1 Å². The summed E-state index contributed by atoms with van der Waals surface area (Å²) in [6.45, 7) is 0.267. The van der Waals surface area contributed by atoms with Crippen molar-refractivity contribution in [1.82, 2.24) is 24.2 Å². The second-order valence-electron chi connectivity index (χ2n) is 6.87. The minimum atomic E-state index is -0.304. The van der Waals surface area contributed by atoms with Crippen LogP contribution < -0.4 is 10.3 Å². The molecule has 0 radical (unpaired) electrons. The smallest absolute Gasteiger partial charge is 0.264 e. The van der Waals surface area contributed by atoms with Gasteiger partial charge in [-0.25, -0.2) is 9.67 Å². The number of hydrogen-bond acceptors (Lipinski definition) is 5. The van der Waals surface area contributed by atoms with Gasteiger partial charge in [-0.1, -0.05) is 36.4 Å². The van der Waals surface area contributed by atoms with Crippen LogP contribution in [0.1, 0.15) is 5.56 Å². The Bertz CT molecular complexity index is 1250. The predicted octanol–water partition coefficient (Wildman–Crippen LogP) is 2.25. The third kappa shape index (κ3) is 3.67. The molecule has 2 aromatic heterocycles. The first kappa shape index (κ1) is 19.4. The molecule has 4 aromatic rings. The quantitative estimate of drug-likeness (QED) is 0.493. The number of likely N-dealkylation sites (N-methyl/N-ethyl adjacent to an activating group) is 1. The molecule has 0 unspecified atom stereocenters. The van der Waals surface area contributed by atoms with E-state index in [4.69, 9.17) is 4.74 Å². The lowest BCUT2D eigenvalue weighted by molar-refractivity contribution is -0.131. The first-order chi connectivity index (χ1) is 14.6. The fraction of sp³-hybridized carbons (Fsp3) is 0.182. The van der Waals surface area contributed by atoms with Gasteiger partial charge >= 0.3 is 0 Å². The van der Waals surface area contributed by atoms with E-state index < -0.39 is 0 Å². The van der Waals surface area contributed by atoms with Gasteiger partial charge in [0.05, 0.1) is 19.0 Å². The van der Waals surface area contributed by atoms with Crippen LogP contribution in [-0.2, 0) is 17.9 Å². The summed E-state index contributed by atoms with van der Waals surface area (Å²) in [5.41, 5.74) is 1.85. The van der Waals surface area contributed by atoms with Crippen LogP contribution in [0.25, 0.3) is 16.7 Å². The van der Waals surface area contributed by atoms with Crippen LogP contribution in [0.5, 0.6) is 5.75 Å². The Labute approximate surface area is 173 Å². The number of aromatic nitrogens is 4. The normalized spacial score (nSPS) is 10.9. The molecule has 0 atom stereocenters. The number of para-hydroxylation sites is 2. The Morgan fingerprint density at radius 3 is 2.60 bits per heavy atom. The van der Waals surface area contributed by atoms with Gasteiger partial charge < -0.3 is 9.64 Å². The van der Waals surface area contributed by atoms with E-state index in [1.807, 2.05) is 54.6 Å². The van der Waals surface area contributed by atoms with Crippen molar-refractivity contribution in [2.45, 2.75) is 13.1 Å². The van der Waals surface area contributed by atoms with E-state index in [0.717, 1.165) is 11.3 Å².